The van der Waals surface area contributed by atoms with Gasteiger partial charge in [-0.25, -0.2) is 0 Å². The van der Waals surface area contributed by atoms with Crippen LogP contribution in [0.4, 0.5) is 0 Å². The van der Waals surface area contributed by atoms with Gasteiger partial charge in [-0.2, -0.15) is 0 Å². The molecular formula is C21H28BrNO3. The summed E-state index contributed by atoms with van der Waals surface area (Å²) in [6.45, 7) is 4.55. The van der Waals surface area contributed by atoms with Crippen LogP contribution in [0, 0.1) is 6.92 Å². The van der Waals surface area contributed by atoms with Gasteiger partial charge in [-0.15, -0.1) is 0 Å². The first kappa shape index (κ1) is 20.7. The molecule has 0 aliphatic heterocycles. The van der Waals surface area contributed by atoms with Gasteiger partial charge in [0.15, 0.2) is 11.5 Å². The molecule has 0 unspecified atom stereocenters. The summed E-state index contributed by atoms with van der Waals surface area (Å²) >= 11 is 3.61. The average Bonchev–Trinajstić information content (AvgIpc) is 2.63. The van der Waals surface area contributed by atoms with Crippen molar-refractivity contribution in [3.05, 3.63) is 57.6 Å². The van der Waals surface area contributed by atoms with Crippen molar-refractivity contribution in [2.24, 2.45) is 0 Å². The van der Waals surface area contributed by atoms with Crippen molar-refractivity contribution in [2.45, 2.75) is 39.3 Å². The van der Waals surface area contributed by atoms with Gasteiger partial charge in [0.2, 0.25) is 0 Å². The highest BCUT2D eigenvalue weighted by molar-refractivity contribution is 9.10. The number of unbranched alkanes of at least 4 members (excludes halogenated alkanes) is 2. The maximum absolute atomic E-state index is 8.79. The van der Waals surface area contributed by atoms with Crippen molar-refractivity contribution in [3.8, 4) is 11.5 Å². The molecule has 2 aromatic carbocycles. The summed E-state index contributed by atoms with van der Waals surface area (Å²) in [4.78, 5) is 0. The number of hydrogen-bond acceptors (Lipinski definition) is 4. The summed E-state index contributed by atoms with van der Waals surface area (Å²) in [5, 5.41) is 12.2. The number of ether oxygens (including phenoxy) is 2. The van der Waals surface area contributed by atoms with Crippen molar-refractivity contribution < 1.29 is 14.6 Å². The third-order valence-corrected chi connectivity index (χ3v) is 4.68. The molecule has 0 heterocycles. The number of nitrogens with one attached hydrogen (secondary N) is 1. The molecule has 4 nitrogen and oxygen atoms in total. The Bertz CT molecular complexity index is 691. The molecule has 0 radical (unpaired) electrons. The predicted molar refractivity (Wildman–Crippen MR) is 109 cm³/mol. The zero-order valence-electron chi connectivity index (χ0n) is 15.6. The number of rotatable bonds is 11. The molecule has 0 spiro atoms. The first-order valence-electron chi connectivity index (χ1n) is 9.00. The second-order valence-electron chi connectivity index (χ2n) is 6.35. The highest BCUT2D eigenvalue weighted by atomic mass is 79.9. The third kappa shape index (κ3) is 6.63. The Morgan fingerprint density at radius 3 is 2.65 bits per heavy atom. The Morgan fingerprint density at radius 1 is 1.08 bits per heavy atom. The monoisotopic (exact) mass is 421 g/mol. The van der Waals surface area contributed by atoms with E-state index < -0.39 is 0 Å². The van der Waals surface area contributed by atoms with Crippen LogP contribution < -0.4 is 14.8 Å². The number of benzene rings is 2. The average molecular weight is 422 g/mol. The van der Waals surface area contributed by atoms with Crippen LogP contribution in [0.5, 0.6) is 11.5 Å². The molecule has 2 rings (SSSR count). The topological polar surface area (TPSA) is 50.7 Å². The van der Waals surface area contributed by atoms with E-state index in [1.807, 2.05) is 12.1 Å². The van der Waals surface area contributed by atoms with Gasteiger partial charge < -0.3 is 19.9 Å². The lowest BCUT2D eigenvalue weighted by atomic mass is 10.1. The molecule has 142 valence electrons. The van der Waals surface area contributed by atoms with E-state index in [1.54, 1.807) is 7.11 Å². The molecule has 0 bridgehead atoms. The largest absolute Gasteiger partial charge is 0.493 e. The van der Waals surface area contributed by atoms with Crippen molar-refractivity contribution in [2.75, 3.05) is 20.3 Å². The summed E-state index contributed by atoms with van der Waals surface area (Å²) < 4.78 is 12.4. The number of hydrogen-bond donors (Lipinski definition) is 2. The molecule has 0 aliphatic rings. The Morgan fingerprint density at radius 2 is 1.92 bits per heavy atom. The zero-order chi connectivity index (χ0) is 18.8. The maximum Gasteiger partial charge on any atom is 0.175 e. The number of aryl methyl sites for hydroxylation is 1. The number of methoxy groups -OCH3 is 1. The van der Waals surface area contributed by atoms with Crippen LogP contribution in [0.3, 0.4) is 0 Å². The van der Waals surface area contributed by atoms with Crippen molar-refractivity contribution in [1.82, 2.24) is 5.32 Å². The smallest absolute Gasteiger partial charge is 0.175 e. The zero-order valence-corrected chi connectivity index (χ0v) is 17.1. The molecule has 0 saturated carbocycles. The minimum Gasteiger partial charge on any atom is -0.493 e. The second kappa shape index (κ2) is 11.2. The molecular weight excluding hydrogens is 394 g/mol. The van der Waals surface area contributed by atoms with Gasteiger partial charge in [0, 0.05) is 13.2 Å². The van der Waals surface area contributed by atoms with Gasteiger partial charge in [-0.1, -0.05) is 29.8 Å². The van der Waals surface area contributed by atoms with Gasteiger partial charge >= 0.3 is 0 Å². The quantitative estimate of drug-likeness (QED) is 0.520. The minimum absolute atomic E-state index is 0.272. The van der Waals surface area contributed by atoms with Crippen LogP contribution in [0.25, 0.3) is 0 Å². The lowest BCUT2D eigenvalue weighted by Gasteiger charge is -2.15. The standard InChI is InChI=1S/C21H28BrNO3/c1-16-7-6-8-17(11-16)15-26-21-19(22)12-18(13-20(21)25-2)14-23-9-4-3-5-10-24/h6-8,11-13,23-24H,3-5,9-10,14-15H2,1-2H3. The highest BCUT2D eigenvalue weighted by Crippen LogP contribution is 2.37. The number of aliphatic hydroxyl groups is 1. The van der Waals surface area contributed by atoms with Crippen LogP contribution in [0.15, 0.2) is 40.9 Å². The van der Waals surface area contributed by atoms with E-state index in [9.17, 15) is 0 Å². The molecule has 0 fully saturated rings. The summed E-state index contributed by atoms with van der Waals surface area (Å²) in [6, 6.07) is 12.4. The summed E-state index contributed by atoms with van der Waals surface area (Å²) in [6.07, 6.45) is 2.98. The van der Waals surface area contributed by atoms with E-state index in [4.69, 9.17) is 14.6 Å². The summed E-state index contributed by atoms with van der Waals surface area (Å²) in [5.74, 6) is 1.45. The van der Waals surface area contributed by atoms with E-state index in [-0.39, 0.29) is 6.61 Å². The van der Waals surface area contributed by atoms with Crippen molar-refractivity contribution in [1.29, 1.82) is 0 Å². The van der Waals surface area contributed by atoms with Gasteiger partial charge in [-0.05, 0) is 71.9 Å². The molecule has 2 N–H and O–H groups in total. The summed E-state index contributed by atoms with van der Waals surface area (Å²) in [5.41, 5.74) is 3.49. The van der Waals surface area contributed by atoms with E-state index in [0.717, 1.165) is 59.5 Å². The van der Waals surface area contributed by atoms with Crippen LogP contribution in [-0.4, -0.2) is 25.4 Å². The number of halogens is 1. The molecule has 2 aromatic rings. The molecule has 5 heteroatoms. The minimum atomic E-state index is 0.272. The lowest BCUT2D eigenvalue weighted by molar-refractivity contribution is 0.282. The molecule has 0 amide bonds. The van der Waals surface area contributed by atoms with E-state index in [1.165, 1.54) is 5.56 Å². The van der Waals surface area contributed by atoms with Crippen molar-refractivity contribution in [3.63, 3.8) is 0 Å². The van der Waals surface area contributed by atoms with Gasteiger partial charge in [-0.3, -0.25) is 0 Å². The fourth-order valence-electron chi connectivity index (χ4n) is 2.74. The van der Waals surface area contributed by atoms with Crippen LogP contribution in [0.1, 0.15) is 36.0 Å². The van der Waals surface area contributed by atoms with Gasteiger partial charge in [0.25, 0.3) is 0 Å². The molecule has 0 atom stereocenters. The third-order valence-electron chi connectivity index (χ3n) is 4.10. The SMILES string of the molecule is COc1cc(CNCCCCCO)cc(Br)c1OCc1cccc(C)c1. The first-order chi connectivity index (χ1) is 12.6. The Labute approximate surface area is 164 Å². The highest BCUT2D eigenvalue weighted by Gasteiger charge is 2.12. The molecule has 0 aromatic heterocycles. The molecule has 26 heavy (non-hydrogen) atoms. The van der Waals surface area contributed by atoms with Crippen LogP contribution in [-0.2, 0) is 13.2 Å². The Hall–Kier alpha value is -1.56. The van der Waals surface area contributed by atoms with Crippen molar-refractivity contribution >= 4 is 15.9 Å². The van der Waals surface area contributed by atoms with Gasteiger partial charge in [0.05, 0.1) is 11.6 Å². The second-order valence-corrected chi connectivity index (χ2v) is 7.20. The molecule has 0 saturated heterocycles. The Balaban J connectivity index is 1.95. The van der Waals surface area contributed by atoms with E-state index in [2.05, 4.69) is 52.4 Å². The number of aliphatic hydroxyl groups excluding tert-OH is 1. The maximum atomic E-state index is 8.79. The fourth-order valence-corrected chi connectivity index (χ4v) is 3.35. The van der Waals surface area contributed by atoms with Crippen LogP contribution in [0.2, 0.25) is 0 Å². The first-order valence-corrected chi connectivity index (χ1v) is 9.79. The van der Waals surface area contributed by atoms with E-state index >= 15 is 0 Å². The predicted octanol–water partition coefficient (Wildman–Crippen LogP) is 4.60. The van der Waals surface area contributed by atoms with Crippen LogP contribution >= 0.6 is 15.9 Å². The fraction of sp³-hybridized carbons (Fsp3) is 0.429. The normalized spacial score (nSPS) is 10.8. The Kier molecular flexibility index (Phi) is 8.95. The molecule has 0 aliphatic carbocycles. The lowest BCUT2D eigenvalue weighted by Crippen LogP contribution is -2.15. The van der Waals surface area contributed by atoms with Gasteiger partial charge in [0.1, 0.15) is 6.61 Å². The van der Waals surface area contributed by atoms with E-state index in [0.29, 0.717) is 6.61 Å². The summed E-state index contributed by atoms with van der Waals surface area (Å²) in [7, 11) is 1.66.